The van der Waals surface area contributed by atoms with Gasteiger partial charge in [-0.2, -0.15) is 0 Å². The second kappa shape index (κ2) is 5.90. The third-order valence-electron chi connectivity index (χ3n) is 3.20. The van der Waals surface area contributed by atoms with Crippen LogP contribution in [-0.2, 0) is 9.09 Å². The number of phosphoric acid groups is 1. The molecule has 17 heavy (non-hydrogen) atoms. The van der Waals surface area contributed by atoms with Crippen molar-refractivity contribution in [2.45, 2.75) is 48.3 Å². The molecule has 0 atom stereocenters. The van der Waals surface area contributed by atoms with E-state index in [4.69, 9.17) is 14.3 Å². The van der Waals surface area contributed by atoms with E-state index in [0.717, 1.165) is 12.8 Å². The summed E-state index contributed by atoms with van der Waals surface area (Å²) in [5, 5.41) is 0. The Kier molecular flexibility index (Phi) is 6.44. The van der Waals surface area contributed by atoms with Gasteiger partial charge in [-0.05, 0) is 44.7 Å². The van der Waals surface area contributed by atoms with E-state index in [1.807, 2.05) is 27.7 Å². The van der Waals surface area contributed by atoms with Crippen LogP contribution in [0, 0.1) is 5.41 Å². The quantitative estimate of drug-likeness (QED) is 0.452. The van der Waals surface area contributed by atoms with E-state index in [2.05, 4.69) is 47.8 Å². The van der Waals surface area contributed by atoms with Gasteiger partial charge in [-0.15, -0.1) is 0 Å². The molecule has 0 saturated carbocycles. The number of hydrogen-bond donors (Lipinski definition) is 2. The van der Waals surface area contributed by atoms with Crippen molar-refractivity contribution in [3.05, 3.63) is 0 Å². The summed E-state index contributed by atoms with van der Waals surface area (Å²) in [6, 6.07) is 0. The van der Waals surface area contributed by atoms with Gasteiger partial charge in [-0.25, -0.2) is 4.57 Å². The molecule has 0 rings (SSSR count). The zero-order chi connectivity index (χ0) is 14.1. The van der Waals surface area contributed by atoms with Gasteiger partial charge in [0.15, 0.2) is 3.42 Å². The van der Waals surface area contributed by atoms with Crippen LogP contribution in [0.5, 0.6) is 0 Å². The molecule has 4 nitrogen and oxygen atoms in total. The molecule has 0 aromatic carbocycles. The van der Waals surface area contributed by atoms with E-state index >= 15 is 0 Å². The highest BCUT2D eigenvalue weighted by molar-refractivity contribution is 9.25. The van der Waals surface area contributed by atoms with Crippen molar-refractivity contribution in [1.82, 2.24) is 0 Å². The van der Waals surface area contributed by atoms with Gasteiger partial charge in [0.2, 0.25) is 0 Å². The minimum atomic E-state index is -4.59. The van der Waals surface area contributed by atoms with Gasteiger partial charge in [0.1, 0.15) is 0 Å². The first-order valence-electron chi connectivity index (χ1n) is 5.16. The largest absolute Gasteiger partial charge is 0.471 e. The summed E-state index contributed by atoms with van der Waals surface area (Å²) in [5.41, 5.74) is -0.607. The fraction of sp³-hybridized carbons (Fsp3) is 1.00. The lowest BCUT2D eigenvalue weighted by atomic mass is 9.76. The Balaban J connectivity index is 5.35. The van der Waals surface area contributed by atoms with Crippen molar-refractivity contribution < 1.29 is 18.9 Å². The van der Waals surface area contributed by atoms with E-state index in [0.29, 0.717) is 0 Å². The molecule has 0 aliphatic heterocycles. The van der Waals surface area contributed by atoms with Crippen LogP contribution < -0.4 is 0 Å². The predicted octanol–water partition coefficient (Wildman–Crippen LogP) is 4.52. The fourth-order valence-corrected chi connectivity index (χ4v) is 4.89. The average molecular weight is 461 g/mol. The van der Waals surface area contributed by atoms with Gasteiger partial charge < -0.3 is 9.79 Å². The van der Waals surface area contributed by atoms with Crippen molar-refractivity contribution in [3.8, 4) is 0 Å². The third-order valence-corrected chi connectivity index (χ3v) is 8.63. The Bertz CT molecular complexity index is 309. The summed E-state index contributed by atoms with van der Waals surface area (Å²) < 4.78 is 14.2. The summed E-state index contributed by atoms with van der Waals surface area (Å²) in [4.78, 5) is 17.9. The van der Waals surface area contributed by atoms with E-state index < -0.39 is 16.7 Å². The molecule has 0 aromatic heterocycles. The first-order valence-corrected chi connectivity index (χ1v) is 9.07. The number of rotatable bonds is 6. The van der Waals surface area contributed by atoms with Gasteiger partial charge in [-0.1, -0.05) is 43.6 Å². The van der Waals surface area contributed by atoms with Crippen LogP contribution in [0.2, 0.25) is 0 Å². The molecule has 0 bridgehead atoms. The molecule has 0 fully saturated rings. The van der Waals surface area contributed by atoms with Crippen LogP contribution >= 0.6 is 55.6 Å². The van der Waals surface area contributed by atoms with Crippen molar-refractivity contribution in [2.75, 3.05) is 0 Å². The van der Waals surface area contributed by atoms with Crippen LogP contribution in [0.3, 0.4) is 0 Å². The standard InChI is InChI=1S/C9H18Br3O4P/c1-5-8(10,6-2)7(3,4)9(11,12)16-17(13,14)15/h5-6H2,1-4H3,(H2,13,14,15). The van der Waals surface area contributed by atoms with Crippen molar-refractivity contribution in [1.29, 1.82) is 0 Å². The van der Waals surface area contributed by atoms with Crippen LogP contribution in [0.4, 0.5) is 0 Å². The Morgan fingerprint density at radius 2 is 1.47 bits per heavy atom. The molecule has 2 N–H and O–H groups in total. The summed E-state index contributed by atoms with van der Waals surface area (Å²) in [5.74, 6) is 0. The van der Waals surface area contributed by atoms with Gasteiger partial charge in [0, 0.05) is 9.74 Å². The molecule has 104 valence electrons. The topological polar surface area (TPSA) is 66.8 Å². The average Bonchev–Trinajstić information content (AvgIpc) is 2.12. The number of phosphoric ester groups is 1. The SMILES string of the molecule is CCC(Br)(CC)C(C)(C)C(Br)(Br)OP(=O)(O)O. The second-order valence-corrected chi connectivity index (χ2v) is 10.4. The summed E-state index contributed by atoms with van der Waals surface area (Å²) >= 11 is 10.1. The zero-order valence-electron chi connectivity index (χ0n) is 10.2. The minimum absolute atomic E-state index is 0.317. The van der Waals surface area contributed by atoms with Crippen molar-refractivity contribution in [3.63, 3.8) is 0 Å². The van der Waals surface area contributed by atoms with Crippen LogP contribution in [-0.4, -0.2) is 17.5 Å². The lowest BCUT2D eigenvalue weighted by molar-refractivity contribution is 0.0609. The lowest BCUT2D eigenvalue weighted by Gasteiger charge is -2.48. The van der Waals surface area contributed by atoms with Gasteiger partial charge in [-0.3, -0.25) is 4.52 Å². The normalized spacial score (nSPS) is 15.1. The van der Waals surface area contributed by atoms with Gasteiger partial charge in [0.25, 0.3) is 0 Å². The number of halogens is 3. The molecule has 0 aliphatic rings. The first-order chi connectivity index (χ1) is 7.33. The Morgan fingerprint density at radius 1 is 1.12 bits per heavy atom. The highest BCUT2D eigenvalue weighted by Gasteiger charge is 2.56. The van der Waals surface area contributed by atoms with Crippen molar-refractivity contribution >= 4 is 55.6 Å². The lowest BCUT2D eigenvalue weighted by Crippen LogP contribution is -2.50. The summed E-state index contributed by atoms with van der Waals surface area (Å²) in [7, 11) is -4.59. The fourth-order valence-electron chi connectivity index (χ4n) is 1.66. The molecule has 0 unspecified atom stereocenters. The molecule has 8 heteroatoms. The monoisotopic (exact) mass is 458 g/mol. The van der Waals surface area contributed by atoms with Crippen LogP contribution in [0.25, 0.3) is 0 Å². The third kappa shape index (κ3) is 4.26. The maximum atomic E-state index is 11.0. The Labute approximate surface area is 128 Å². The molecular weight excluding hydrogens is 443 g/mol. The second-order valence-electron chi connectivity index (χ2n) is 4.40. The molecule has 0 aliphatic carbocycles. The molecule has 0 radical (unpaired) electrons. The highest BCUT2D eigenvalue weighted by atomic mass is 79.9. The molecule has 0 saturated heterocycles. The summed E-state index contributed by atoms with van der Waals surface area (Å²) in [6.07, 6.45) is 1.58. The Morgan fingerprint density at radius 3 is 1.71 bits per heavy atom. The highest BCUT2D eigenvalue weighted by Crippen LogP contribution is 2.61. The van der Waals surface area contributed by atoms with Crippen LogP contribution in [0.1, 0.15) is 40.5 Å². The van der Waals surface area contributed by atoms with E-state index in [-0.39, 0.29) is 4.32 Å². The van der Waals surface area contributed by atoms with Crippen LogP contribution in [0.15, 0.2) is 0 Å². The zero-order valence-corrected chi connectivity index (χ0v) is 15.9. The van der Waals surface area contributed by atoms with Crippen molar-refractivity contribution in [2.24, 2.45) is 5.41 Å². The first kappa shape index (κ1) is 18.6. The Hall–Kier alpha value is 1.55. The van der Waals surface area contributed by atoms with Gasteiger partial charge in [0.05, 0.1) is 0 Å². The summed E-state index contributed by atoms with van der Waals surface area (Å²) in [6.45, 7) is 7.75. The molecule has 0 aromatic rings. The minimum Gasteiger partial charge on any atom is -0.303 e. The molecule has 0 spiro atoms. The van der Waals surface area contributed by atoms with E-state index in [1.165, 1.54) is 0 Å². The molecule has 0 amide bonds. The smallest absolute Gasteiger partial charge is 0.303 e. The number of hydrogen-bond acceptors (Lipinski definition) is 2. The molecular formula is C9H18Br3O4P. The number of alkyl halides is 3. The van der Waals surface area contributed by atoms with Gasteiger partial charge >= 0.3 is 7.82 Å². The molecule has 0 heterocycles. The van der Waals surface area contributed by atoms with E-state index in [1.54, 1.807) is 0 Å². The maximum absolute atomic E-state index is 11.0. The van der Waals surface area contributed by atoms with E-state index in [9.17, 15) is 4.57 Å². The predicted molar refractivity (Wildman–Crippen MR) is 79.7 cm³/mol. The maximum Gasteiger partial charge on any atom is 0.471 e.